The lowest BCUT2D eigenvalue weighted by Gasteiger charge is -2.30. The molecule has 0 amide bonds. The largest absolute Gasteiger partial charge is 0.394 e. The Morgan fingerprint density at radius 1 is 0.328 bits per heavy atom. The zero-order chi connectivity index (χ0) is 46.2. The molecule has 6 rings (SSSR count). The first-order valence-corrected chi connectivity index (χ1v) is 21.8. The van der Waals surface area contributed by atoms with Crippen molar-refractivity contribution in [3.63, 3.8) is 0 Å². The Balaban J connectivity index is 1.13. The summed E-state index contributed by atoms with van der Waals surface area (Å²) in [5.41, 5.74) is 5.54. The van der Waals surface area contributed by atoms with Crippen molar-refractivity contribution in [2.24, 2.45) is 5.73 Å². The quantitative estimate of drug-likeness (QED) is 0.0378. The van der Waals surface area contributed by atoms with Gasteiger partial charge in [0.1, 0.15) is 110 Å². The predicted molar refractivity (Wildman–Crippen MR) is 204 cm³/mol. The smallest absolute Gasteiger partial charge is 0.187 e. The van der Waals surface area contributed by atoms with Gasteiger partial charge in [-0.05, 0) is 19.4 Å². The third kappa shape index (κ3) is 12.0. The average Bonchev–Trinajstić information content (AvgIpc) is 4.08. The number of nitrogens with two attached hydrogens (primary N) is 1. The molecule has 24 atom stereocenters. The minimum Gasteiger partial charge on any atom is -0.394 e. The summed E-state index contributed by atoms with van der Waals surface area (Å²) < 4.78 is 69.1. The third-order valence-corrected chi connectivity index (χ3v) is 12.2. The summed E-state index contributed by atoms with van der Waals surface area (Å²) in [7, 11) is 0. The van der Waals surface area contributed by atoms with Crippen molar-refractivity contribution in [1.82, 2.24) is 0 Å². The van der Waals surface area contributed by atoms with Crippen LogP contribution in [0.25, 0.3) is 0 Å². The van der Waals surface area contributed by atoms with Gasteiger partial charge in [0.05, 0.1) is 39.6 Å². The van der Waals surface area contributed by atoms with E-state index in [-0.39, 0.29) is 6.61 Å². The monoisotopic (exact) mass is 937 g/mol. The number of ether oxygens (including phenoxy) is 12. The Hall–Kier alpha value is -1.04. The Bertz CT molecular complexity index is 1360. The lowest BCUT2D eigenvalue weighted by Crippen LogP contribution is -2.48. The van der Waals surface area contributed by atoms with Crippen LogP contribution in [-0.4, -0.2) is 267 Å². The summed E-state index contributed by atoms with van der Waals surface area (Å²) in [4.78, 5) is 0. The van der Waals surface area contributed by atoms with Crippen molar-refractivity contribution in [3.05, 3.63) is 0 Å². The first kappa shape index (κ1) is 52.3. The van der Waals surface area contributed by atoms with Crippen LogP contribution < -0.4 is 5.73 Å². The van der Waals surface area contributed by atoms with Gasteiger partial charge < -0.3 is 129 Å². The topological polar surface area (TPSA) is 400 Å². The SMILES string of the molecule is NCCCCCCCCO[C@H]1O[C@H](CO[C@H]2O[C@H](CO[C@H]3O[C@H](CO)[C@@H](O)[C@@H]3O[C@H]3O[C@@H](CO)[C@H](O)[C@H]3O)[C@@H](O[C@@H]3O[C@@H](CO)[C@H](O)[C@H]3O[C@@H]3O[C@H](CO)[C@@H](O)[C@@H]3O)[C@@H]2O)[C@@H](O)[C@@H]1O. The minimum atomic E-state index is -1.75. The van der Waals surface area contributed by atoms with Crippen LogP contribution in [0.4, 0.5) is 0 Å². The van der Waals surface area contributed by atoms with Crippen LogP contribution >= 0.6 is 0 Å². The average molecular weight is 938 g/mol. The highest BCUT2D eigenvalue weighted by Crippen LogP contribution is 2.36. The molecule has 374 valence electrons. The highest BCUT2D eigenvalue weighted by molar-refractivity contribution is 4.97. The highest BCUT2D eigenvalue weighted by atomic mass is 16.8. The zero-order valence-electron chi connectivity index (χ0n) is 35.0. The molecule has 0 aromatic rings. The molecule has 6 fully saturated rings. The standard InChI is InChI=1S/C38H67NO25/c39-7-5-3-1-2-4-6-8-53-33-26(49)23(46)19(60-33)13-54-34-29(52)30(62-38-32(25(48)18(12-43)59-38)64-36-28(51)22(45)16(10-41)57-36)20(61-34)14-55-37-31(24(47)17(11-42)58-37)63-35-27(50)21(44)15(9-40)56-35/h15-38,40-52H,1-14,39H2/t15-,16+,17+,18-,19+,20+,21-,22+,23+,24+,25-,26-,27+,28-,29-,30+,31-,32+,33-,34-,35+,36-,37-,38-/m0/s1. The summed E-state index contributed by atoms with van der Waals surface area (Å²) in [6, 6.07) is 0. The van der Waals surface area contributed by atoms with Crippen LogP contribution in [0.2, 0.25) is 0 Å². The lowest BCUT2D eigenvalue weighted by atomic mass is 10.1. The fourth-order valence-electron chi connectivity index (χ4n) is 8.33. The van der Waals surface area contributed by atoms with E-state index in [2.05, 4.69) is 0 Å². The van der Waals surface area contributed by atoms with Gasteiger partial charge in [-0.15, -0.1) is 0 Å². The molecule has 6 saturated heterocycles. The molecule has 0 unspecified atom stereocenters. The maximum atomic E-state index is 11.7. The van der Waals surface area contributed by atoms with Crippen molar-refractivity contribution in [2.45, 2.75) is 186 Å². The molecule has 0 aromatic carbocycles. The summed E-state index contributed by atoms with van der Waals surface area (Å²) in [5.74, 6) is 0. The Labute approximate surface area is 367 Å². The van der Waals surface area contributed by atoms with E-state index in [9.17, 15) is 66.4 Å². The van der Waals surface area contributed by atoms with Gasteiger partial charge in [0.25, 0.3) is 0 Å². The maximum absolute atomic E-state index is 11.7. The Morgan fingerprint density at radius 3 is 1.25 bits per heavy atom. The van der Waals surface area contributed by atoms with Crippen LogP contribution in [-0.2, 0) is 56.8 Å². The molecule has 26 nitrogen and oxygen atoms in total. The third-order valence-electron chi connectivity index (χ3n) is 12.2. The number of hydrogen-bond donors (Lipinski definition) is 14. The van der Waals surface area contributed by atoms with Crippen molar-refractivity contribution < 1.29 is 123 Å². The first-order valence-electron chi connectivity index (χ1n) is 21.8. The van der Waals surface area contributed by atoms with Gasteiger partial charge in [-0.3, -0.25) is 0 Å². The second-order valence-electron chi connectivity index (χ2n) is 16.7. The Morgan fingerprint density at radius 2 is 0.703 bits per heavy atom. The zero-order valence-corrected chi connectivity index (χ0v) is 35.0. The van der Waals surface area contributed by atoms with E-state index in [1.54, 1.807) is 0 Å². The molecular weight excluding hydrogens is 870 g/mol. The number of unbranched alkanes of at least 4 members (excludes halogenated alkanes) is 5. The molecule has 64 heavy (non-hydrogen) atoms. The summed E-state index contributed by atoms with van der Waals surface area (Å²) in [5, 5.41) is 136. The van der Waals surface area contributed by atoms with Crippen LogP contribution in [0.3, 0.4) is 0 Å². The van der Waals surface area contributed by atoms with Crippen LogP contribution in [0.5, 0.6) is 0 Å². The van der Waals surface area contributed by atoms with Crippen molar-refractivity contribution in [2.75, 3.05) is 52.8 Å². The van der Waals surface area contributed by atoms with Crippen LogP contribution in [0.15, 0.2) is 0 Å². The van der Waals surface area contributed by atoms with Gasteiger partial charge in [0.2, 0.25) is 0 Å². The van der Waals surface area contributed by atoms with E-state index < -0.39 is 187 Å². The van der Waals surface area contributed by atoms with Crippen LogP contribution in [0.1, 0.15) is 38.5 Å². The molecule has 0 aromatic heterocycles. The normalized spacial score (nSPS) is 47.2. The van der Waals surface area contributed by atoms with Crippen molar-refractivity contribution >= 4 is 0 Å². The fraction of sp³-hybridized carbons (Fsp3) is 1.00. The van der Waals surface area contributed by atoms with Crippen molar-refractivity contribution in [3.8, 4) is 0 Å². The molecule has 6 heterocycles. The number of aliphatic hydroxyl groups is 13. The van der Waals surface area contributed by atoms with E-state index in [1.165, 1.54) is 0 Å². The summed E-state index contributed by atoms with van der Waals surface area (Å²) in [6.45, 7) is -2.97. The second kappa shape index (κ2) is 24.5. The lowest BCUT2D eigenvalue weighted by molar-refractivity contribution is -0.270. The molecule has 0 saturated carbocycles. The Kier molecular flexibility index (Phi) is 20.0. The molecule has 0 spiro atoms. The first-order chi connectivity index (χ1) is 30.8. The summed E-state index contributed by atoms with van der Waals surface area (Å²) in [6.07, 6.45) is -30.2. The number of aliphatic hydroxyl groups excluding tert-OH is 13. The van der Waals surface area contributed by atoms with Gasteiger partial charge in [-0.2, -0.15) is 0 Å². The van der Waals surface area contributed by atoms with E-state index in [0.29, 0.717) is 13.0 Å². The van der Waals surface area contributed by atoms with E-state index >= 15 is 0 Å². The maximum Gasteiger partial charge on any atom is 0.187 e. The molecule has 6 aliphatic heterocycles. The molecule has 0 radical (unpaired) electrons. The molecule has 26 heteroatoms. The molecule has 6 aliphatic rings. The van der Waals surface area contributed by atoms with Crippen LogP contribution in [0, 0.1) is 0 Å². The van der Waals surface area contributed by atoms with Gasteiger partial charge in [-0.1, -0.05) is 25.7 Å². The second-order valence-corrected chi connectivity index (χ2v) is 16.7. The van der Waals surface area contributed by atoms with Crippen molar-refractivity contribution in [1.29, 1.82) is 0 Å². The van der Waals surface area contributed by atoms with E-state index in [4.69, 9.17) is 62.6 Å². The molecule has 15 N–H and O–H groups in total. The number of rotatable bonds is 25. The molecular formula is C38H67NO25. The van der Waals surface area contributed by atoms with Gasteiger partial charge in [0, 0.05) is 6.61 Å². The van der Waals surface area contributed by atoms with Gasteiger partial charge in [0.15, 0.2) is 37.7 Å². The van der Waals surface area contributed by atoms with E-state index in [1.807, 2.05) is 0 Å². The fourth-order valence-corrected chi connectivity index (χ4v) is 8.33. The highest BCUT2D eigenvalue weighted by Gasteiger charge is 2.56. The molecule has 0 bridgehead atoms. The molecule has 0 aliphatic carbocycles. The van der Waals surface area contributed by atoms with Gasteiger partial charge in [-0.25, -0.2) is 0 Å². The van der Waals surface area contributed by atoms with Gasteiger partial charge >= 0.3 is 0 Å². The minimum absolute atomic E-state index is 0.254. The number of hydrogen-bond acceptors (Lipinski definition) is 26. The predicted octanol–water partition coefficient (Wildman–Crippen LogP) is -7.94. The summed E-state index contributed by atoms with van der Waals surface area (Å²) >= 11 is 0. The van der Waals surface area contributed by atoms with E-state index in [0.717, 1.165) is 32.1 Å².